The summed E-state index contributed by atoms with van der Waals surface area (Å²) in [6.07, 6.45) is 4.17. The molecule has 2 aliphatic rings. The van der Waals surface area contributed by atoms with Crippen molar-refractivity contribution >= 4 is 0 Å². The smallest absolute Gasteiger partial charge is 0.0472 e. The van der Waals surface area contributed by atoms with Crippen LogP contribution in [-0.2, 0) is 17.6 Å². The van der Waals surface area contributed by atoms with Gasteiger partial charge in [-0.25, -0.2) is 0 Å². The molecule has 1 aliphatic heterocycles. The predicted molar refractivity (Wildman–Crippen MR) is 62.4 cm³/mol. The molecule has 3 heteroatoms. The molecule has 16 heavy (non-hydrogen) atoms. The number of aromatic nitrogens is 1. The van der Waals surface area contributed by atoms with E-state index in [9.17, 15) is 0 Å². The lowest BCUT2D eigenvalue weighted by molar-refractivity contribution is 0.0844. The van der Waals surface area contributed by atoms with Gasteiger partial charge < -0.3 is 10.5 Å². The Morgan fingerprint density at radius 3 is 2.81 bits per heavy atom. The molecule has 1 saturated heterocycles. The highest BCUT2D eigenvalue weighted by Crippen LogP contribution is 2.28. The fourth-order valence-corrected chi connectivity index (χ4v) is 2.73. The summed E-state index contributed by atoms with van der Waals surface area (Å²) in [4.78, 5) is 4.79. The predicted octanol–water partition coefficient (Wildman–Crippen LogP) is 1.40. The van der Waals surface area contributed by atoms with Gasteiger partial charge in [0, 0.05) is 43.0 Å². The molecule has 1 aromatic rings. The molecule has 0 amide bonds. The van der Waals surface area contributed by atoms with Gasteiger partial charge in [-0.3, -0.25) is 4.98 Å². The first-order valence-electron chi connectivity index (χ1n) is 6.15. The second-order valence-electron chi connectivity index (χ2n) is 4.90. The van der Waals surface area contributed by atoms with Crippen LogP contribution in [0.15, 0.2) is 12.1 Å². The van der Waals surface area contributed by atoms with Gasteiger partial charge in [0.2, 0.25) is 0 Å². The number of pyridine rings is 1. The summed E-state index contributed by atoms with van der Waals surface area (Å²) in [5.74, 6) is 0.593. The maximum absolute atomic E-state index is 5.95. The molecule has 1 aromatic heterocycles. The zero-order valence-electron chi connectivity index (χ0n) is 9.48. The normalized spacial score (nSPS) is 25.7. The lowest BCUT2D eigenvalue weighted by Gasteiger charge is -2.21. The lowest BCUT2D eigenvalue weighted by atomic mass is 9.95. The van der Waals surface area contributed by atoms with Gasteiger partial charge in [0.25, 0.3) is 0 Å². The first-order valence-corrected chi connectivity index (χ1v) is 6.15. The minimum absolute atomic E-state index is 0.285. The summed E-state index contributed by atoms with van der Waals surface area (Å²) in [5.41, 5.74) is 9.78. The van der Waals surface area contributed by atoms with E-state index in [4.69, 9.17) is 15.5 Å². The number of fused-ring (bicyclic) bond motifs is 1. The van der Waals surface area contributed by atoms with Crippen LogP contribution in [0.2, 0.25) is 0 Å². The molecule has 0 saturated carbocycles. The fourth-order valence-electron chi connectivity index (χ4n) is 2.73. The summed E-state index contributed by atoms with van der Waals surface area (Å²) in [7, 11) is 0. The van der Waals surface area contributed by atoms with Crippen molar-refractivity contribution in [2.45, 2.75) is 37.6 Å². The van der Waals surface area contributed by atoms with E-state index in [-0.39, 0.29) is 6.04 Å². The molecule has 0 spiro atoms. The lowest BCUT2D eigenvalue weighted by Crippen LogP contribution is -2.19. The Balaban J connectivity index is 1.84. The highest BCUT2D eigenvalue weighted by molar-refractivity contribution is 5.30. The van der Waals surface area contributed by atoms with Crippen molar-refractivity contribution in [1.82, 2.24) is 4.98 Å². The van der Waals surface area contributed by atoms with Gasteiger partial charge in [-0.05, 0) is 30.9 Å². The molecule has 1 unspecified atom stereocenters. The molecule has 2 heterocycles. The van der Waals surface area contributed by atoms with Crippen LogP contribution in [0.5, 0.6) is 0 Å². The third-order valence-electron chi connectivity index (χ3n) is 3.67. The van der Waals surface area contributed by atoms with Gasteiger partial charge in [0.15, 0.2) is 0 Å². The van der Waals surface area contributed by atoms with Crippen molar-refractivity contribution in [2.24, 2.45) is 5.73 Å². The third-order valence-corrected chi connectivity index (χ3v) is 3.67. The number of rotatable bonds is 1. The van der Waals surface area contributed by atoms with E-state index in [1.165, 1.54) is 17.0 Å². The first-order chi connectivity index (χ1) is 7.83. The fraction of sp³-hybridized carbons (Fsp3) is 0.615. The summed E-state index contributed by atoms with van der Waals surface area (Å²) >= 11 is 0. The monoisotopic (exact) mass is 218 g/mol. The van der Waals surface area contributed by atoms with Crippen molar-refractivity contribution in [3.05, 3.63) is 29.1 Å². The third kappa shape index (κ3) is 1.85. The number of hydrogen-bond acceptors (Lipinski definition) is 3. The summed E-state index contributed by atoms with van der Waals surface area (Å²) in [6, 6.07) is 4.69. The molecular formula is C13H18N2O. The zero-order chi connectivity index (χ0) is 11.0. The molecule has 1 aliphatic carbocycles. The Labute approximate surface area is 96.0 Å². The molecule has 3 nitrogen and oxygen atoms in total. The Hall–Kier alpha value is -0.930. The molecule has 0 aromatic carbocycles. The van der Waals surface area contributed by atoms with E-state index in [0.717, 1.165) is 38.9 Å². The minimum atomic E-state index is 0.285. The van der Waals surface area contributed by atoms with Crippen LogP contribution >= 0.6 is 0 Å². The average Bonchev–Trinajstić information content (AvgIpc) is 2.69. The van der Waals surface area contributed by atoms with Gasteiger partial charge in [0.05, 0.1) is 0 Å². The second kappa shape index (κ2) is 4.15. The van der Waals surface area contributed by atoms with E-state index in [1.807, 2.05) is 0 Å². The summed E-state index contributed by atoms with van der Waals surface area (Å²) < 4.78 is 5.38. The van der Waals surface area contributed by atoms with Gasteiger partial charge in [-0.1, -0.05) is 6.07 Å². The van der Waals surface area contributed by atoms with Crippen LogP contribution in [-0.4, -0.2) is 24.2 Å². The maximum atomic E-state index is 5.95. The average molecular weight is 218 g/mol. The SMILES string of the molecule is NC1Cc2ccc(C3CCOCC3)nc2C1. The second-order valence-corrected chi connectivity index (χ2v) is 4.90. The molecule has 1 atom stereocenters. The van der Waals surface area contributed by atoms with E-state index in [0.29, 0.717) is 5.92 Å². The summed E-state index contributed by atoms with van der Waals surface area (Å²) in [5, 5.41) is 0. The Kier molecular flexibility index (Phi) is 2.65. The largest absolute Gasteiger partial charge is 0.381 e. The first kappa shape index (κ1) is 10.2. The van der Waals surface area contributed by atoms with Gasteiger partial charge in [-0.15, -0.1) is 0 Å². The molecular weight excluding hydrogens is 200 g/mol. The summed E-state index contributed by atoms with van der Waals surface area (Å²) in [6.45, 7) is 1.76. The molecule has 1 fully saturated rings. The van der Waals surface area contributed by atoms with E-state index < -0.39 is 0 Å². The van der Waals surface area contributed by atoms with E-state index >= 15 is 0 Å². The molecule has 86 valence electrons. The van der Waals surface area contributed by atoms with Crippen LogP contribution in [0, 0.1) is 0 Å². The van der Waals surface area contributed by atoms with Gasteiger partial charge >= 0.3 is 0 Å². The van der Waals surface area contributed by atoms with Crippen molar-refractivity contribution in [3.63, 3.8) is 0 Å². The molecule has 0 bridgehead atoms. The molecule has 0 radical (unpaired) electrons. The maximum Gasteiger partial charge on any atom is 0.0472 e. The zero-order valence-corrected chi connectivity index (χ0v) is 9.48. The number of ether oxygens (including phenoxy) is 1. The van der Waals surface area contributed by atoms with Crippen LogP contribution in [0.25, 0.3) is 0 Å². The Morgan fingerprint density at radius 1 is 1.19 bits per heavy atom. The number of nitrogens with zero attached hydrogens (tertiary/aromatic N) is 1. The number of nitrogens with two attached hydrogens (primary N) is 1. The van der Waals surface area contributed by atoms with Gasteiger partial charge in [0.1, 0.15) is 0 Å². The van der Waals surface area contributed by atoms with Crippen LogP contribution in [0.3, 0.4) is 0 Å². The van der Waals surface area contributed by atoms with Crippen LogP contribution in [0.4, 0.5) is 0 Å². The van der Waals surface area contributed by atoms with Crippen LogP contribution < -0.4 is 5.73 Å². The standard InChI is InChI=1S/C13H18N2O/c14-11-7-10-1-2-12(15-13(10)8-11)9-3-5-16-6-4-9/h1-2,9,11H,3-8,14H2. The minimum Gasteiger partial charge on any atom is -0.381 e. The topological polar surface area (TPSA) is 48.1 Å². The van der Waals surface area contributed by atoms with E-state index in [2.05, 4.69) is 12.1 Å². The molecule has 3 rings (SSSR count). The van der Waals surface area contributed by atoms with Crippen molar-refractivity contribution in [1.29, 1.82) is 0 Å². The Bertz CT molecular complexity index is 386. The van der Waals surface area contributed by atoms with Gasteiger partial charge in [-0.2, -0.15) is 0 Å². The van der Waals surface area contributed by atoms with E-state index in [1.54, 1.807) is 0 Å². The van der Waals surface area contributed by atoms with Crippen molar-refractivity contribution in [3.8, 4) is 0 Å². The number of hydrogen-bond donors (Lipinski definition) is 1. The van der Waals surface area contributed by atoms with Crippen molar-refractivity contribution in [2.75, 3.05) is 13.2 Å². The Morgan fingerprint density at radius 2 is 2.00 bits per heavy atom. The highest BCUT2D eigenvalue weighted by atomic mass is 16.5. The van der Waals surface area contributed by atoms with Crippen molar-refractivity contribution < 1.29 is 4.74 Å². The highest BCUT2D eigenvalue weighted by Gasteiger charge is 2.22. The quantitative estimate of drug-likeness (QED) is 0.775. The molecule has 2 N–H and O–H groups in total. The van der Waals surface area contributed by atoms with Crippen LogP contribution in [0.1, 0.15) is 35.7 Å².